The average Bonchev–Trinajstić information content (AvgIpc) is 2.63. The molecule has 1 aromatic carbocycles. The summed E-state index contributed by atoms with van der Waals surface area (Å²) in [5.74, 6) is 0.262. The first-order valence-electron chi connectivity index (χ1n) is 7.64. The summed E-state index contributed by atoms with van der Waals surface area (Å²) in [4.78, 5) is 24.1. The van der Waals surface area contributed by atoms with E-state index < -0.39 is 0 Å². The molecule has 0 saturated heterocycles. The molecule has 0 spiro atoms. The summed E-state index contributed by atoms with van der Waals surface area (Å²) in [7, 11) is 0. The number of halogens is 1. The van der Waals surface area contributed by atoms with Gasteiger partial charge in [0.25, 0.3) is 0 Å². The summed E-state index contributed by atoms with van der Waals surface area (Å²) in [6.45, 7) is 2.12. The van der Waals surface area contributed by atoms with Gasteiger partial charge in [-0.1, -0.05) is 11.6 Å². The van der Waals surface area contributed by atoms with E-state index >= 15 is 0 Å². The number of hydrogen-bond acceptors (Lipinski definition) is 6. The predicted molar refractivity (Wildman–Crippen MR) is 96.0 cm³/mol. The zero-order valence-corrected chi connectivity index (χ0v) is 14.2. The SMILES string of the molecule is CCOC(=O)c1ccc(Nc2cc(-c3cccnc3Cl)ncn2)cc1. The molecular formula is C18H15ClN4O2. The fourth-order valence-corrected chi connectivity index (χ4v) is 2.42. The summed E-state index contributed by atoms with van der Waals surface area (Å²) in [5, 5.41) is 3.55. The molecule has 0 aliphatic heterocycles. The van der Waals surface area contributed by atoms with Crippen molar-refractivity contribution in [3.63, 3.8) is 0 Å². The van der Waals surface area contributed by atoms with Crippen molar-refractivity contribution in [2.24, 2.45) is 0 Å². The molecule has 1 N–H and O–H groups in total. The van der Waals surface area contributed by atoms with Crippen LogP contribution < -0.4 is 5.32 Å². The Hall–Kier alpha value is -2.99. The van der Waals surface area contributed by atoms with Gasteiger partial charge in [-0.2, -0.15) is 0 Å². The topological polar surface area (TPSA) is 77.0 Å². The molecule has 2 aromatic heterocycles. The summed E-state index contributed by atoms with van der Waals surface area (Å²) in [6.07, 6.45) is 3.07. The number of carbonyl (C=O) groups excluding carboxylic acids is 1. The van der Waals surface area contributed by atoms with Gasteiger partial charge in [0.2, 0.25) is 0 Å². The van der Waals surface area contributed by atoms with Crippen LogP contribution in [0.1, 0.15) is 17.3 Å². The fraction of sp³-hybridized carbons (Fsp3) is 0.111. The third kappa shape index (κ3) is 4.10. The van der Waals surface area contributed by atoms with Crippen molar-refractivity contribution in [3.05, 3.63) is 65.7 Å². The molecule has 3 rings (SSSR count). The second-order valence-corrected chi connectivity index (χ2v) is 5.41. The number of nitrogens with zero attached hydrogens (tertiary/aromatic N) is 3. The van der Waals surface area contributed by atoms with Crippen LogP contribution in [0.4, 0.5) is 11.5 Å². The van der Waals surface area contributed by atoms with Crippen LogP contribution in [0.25, 0.3) is 11.3 Å². The number of aromatic nitrogens is 3. The fourth-order valence-electron chi connectivity index (χ4n) is 2.20. The minimum atomic E-state index is -0.343. The average molecular weight is 355 g/mol. The Bertz CT molecular complexity index is 884. The van der Waals surface area contributed by atoms with E-state index in [0.717, 1.165) is 11.3 Å². The summed E-state index contributed by atoms with van der Waals surface area (Å²) < 4.78 is 4.96. The normalized spacial score (nSPS) is 10.3. The number of carbonyl (C=O) groups is 1. The minimum absolute atomic E-state index is 0.343. The molecule has 0 unspecified atom stereocenters. The van der Waals surface area contributed by atoms with Gasteiger partial charge in [0.1, 0.15) is 17.3 Å². The molecule has 0 bridgehead atoms. The van der Waals surface area contributed by atoms with E-state index in [1.54, 1.807) is 49.5 Å². The molecule has 6 nitrogen and oxygen atoms in total. The lowest BCUT2D eigenvalue weighted by atomic mass is 10.2. The Balaban J connectivity index is 1.79. The van der Waals surface area contributed by atoms with Gasteiger partial charge in [-0.3, -0.25) is 0 Å². The highest BCUT2D eigenvalue weighted by atomic mass is 35.5. The lowest BCUT2D eigenvalue weighted by molar-refractivity contribution is 0.0526. The number of benzene rings is 1. The summed E-state index contributed by atoms with van der Waals surface area (Å²) >= 11 is 6.11. The van der Waals surface area contributed by atoms with Gasteiger partial charge >= 0.3 is 5.97 Å². The van der Waals surface area contributed by atoms with Crippen molar-refractivity contribution in [1.82, 2.24) is 15.0 Å². The van der Waals surface area contributed by atoms with Gasteiger partial charge in [-0.15, -0.1) is 0 Å². The summed E-state index contributed by atoms with van der Waals surface area (Å²) in [6, 6.07) is 12.4. The van der Waals surface area contributed by atoms with Crippen LogP contribution in [-0.4, -0.2) is 27.5 Å². The maximum Gasteiger partial charge on any atom is 0.338 e. The first-order chi connectivity index (χ1) is 12.2. The van der Waals surface area contributed by atoms with Gasteiger partial charge in [0.05, 0.1) is 17.9 Å². The number of esters is 1. The van der Waals surface area contributed by atoms with Gasteiger partial charge in [0.15, 0.2) is 0 Å². The quantitative estimate of drug-likeness (QED) is 0.548. The number of anilines is 2. The van der Waals surface area contributed by atoms with Crippen LogP contribution in [0.15, 0.2) is 55.0 Å². The first-order valence-corrected chi connectivity index (χ1v) is 8.02. The molecule has 0 radical (unpaired) electrons. The Kier molecular flexibility index (Phi) is 5.20. The van der Waals surface area contributed by atoms with Gasteiger partial charge < -0.3 is 10.1 Å². The van der Waals surface area contributed by atoms with E-state index in [-0.39, 0.29) is 5.97 Å². The summed E-state index contributed by atoms with van der Waals surface area (Å²) in [5.41, 5.74) is 2.68. The van der Waals surface area contributed by atoms with E-state index in [1.807, 2.05) is 6.07 Å². The van der Waals surface area contributed by atoms with Crippen LogP contribution in [-0.2, 0) is 4.74 Å². The molecule has 0 fully saturated rings. The Morgan fingerprint density at radius 2 is 1.96 bits per heavy atom. The molecule has 25 heavy (non-hydrogen) atoms. The van der Waals surface area contributed by atoms with Gasteiger partial charge in [-0.25, -0.2) is 19.7 Å². The molecule has 0 saturated carbocycles. The zero-order valence-electron chi connectivity index (χ0n) is 13.4. The number of hydrogen-bond donors (Lipinski definition) is 1. The largest absolute Gasteiger partial charge is 0.462 e. The monoisotopic (exact) mass is 354 g/mol. The zero-order chi connectivity index (χ0) is 17.6. The highest BCUT2D eigenvalue weighted by Crippen LogP contribution is 2.26. The van der Waals surface area contributed by atoms with Crippen molar-refractivity contribution < 1.29 is 9.53 Å². The lowest BCUT2D eigenvalue weighted by Gasteiger charge is -2.08. The molecule has 0 amide bonds. The van der Waals surface area contributed by atoms with E-state index in [2.05, 4.69) is 20.3 Å². The second-order valence-electron chi connectivity index (χ2n) is 5.05. The van der Waals surface area contributed by atoms with E-state index in [9.17, 15) is 4.79 Å². The molecular weight excluding hydrogens is 340 g/mol. The molecule has 0 aliphatic rings. The molecule has 2 heterocycles. The van der Waals surface area contributed by atoms with E-state index in [4.69, 9.17) is 16.3 Å². The molecule has 0 aliphatic carbocycles. The van der Waals surface area contributed by atoms with Crippen molar-refractivity contribution in [2.75, 3.05) is 11.9 Å². The highest BCUT2D eigenvalue weighted by Gasteiger charge is 2.08. The Labute approximate surface area is 149 Å². The molecule has 7 heteroatoms. The van der Waals surface area contributed by atoms with Crippen molar-refractivity contribution in [1.29, 1.82) is 0 Å². The van der Waals surface area contributed by atoms with Crippen molar-refractivity contribution in [3.8, 4) is 11.3 Å². The van der Waals surface area contributed by atoms with Gasteiger partial charge in [0, 0.05) is 23.5 Å². The van der Waals surface area contributed by atoms with Gasteiger partial charge in [-0.05, 0) is 43.3 Å². The van der Waals surface area contributed by atoms with Crippen molar-refractivity contribution >= 4 is 29.1 Å². The van der Waals surface area contributed by atoms with Crippen LogP contribution in [0.2, 0.25) is 5.15 Å². The highest BCUT2D eigenvalue weighted by molar-refractivity contribution is 6.32. The minimum Gasteiger partial charge on any atom is -0.462 e. The molecule has 0 atom stereocenters. The second kappa shape index (κ2) is 7.72. The Morgan fingerprint density at radius 3 is 2.68 bits per heavy atom. The molecule has 3 aromatic rings. The van der Waals surface area contributed by atoms with Crippen LogP contribution in [0.3, 0.4) is 0 Å². The number of rotatable bonds is 5. The standard InChI is InChI=1S/C18H15ClN4O2/c1-2-25-18(24)12-5-7-13(8-6-12)23-16-10-15(21-11-22-16)14-4-3-9-20-17(14)19/h3-11H,2H2,1H3,(H,21,22,23). The maximum atomic E-state index is 11.7. The first kappa shape index (κ1) is 16.9. The number of ether oxygens (including phenoxy) is 1. The molecule has 126 valence electrons. The number of nitrogens with one attached hydrogen (secondary N) is 1. The maximum absolute atomic E-state index is 11.7. The smallest absolute Gasteiger partial charge is 0.338 e. The third-order valence-electron chi connectivity index (χ3n) is 3.37. The third-order valence-corrected chi connectivity index (χ3v) is 3.67. The van der Waals surface area contributed by atoms with Crippen molar-refractivity contribution in [2.45, 2.75) is 6.92 Å². The van der Waals surface area contributed by atoms with Crippen LogP contribution in [0.5, 0.6) is 0 Å². The van der Waals surface area contributed by atoms with E-state index in [1.165, 1.54) is 6.33 Å². The van der Waals surface area contributed by atoms with Crippen LogP contribution in [0, 0.1) is 0 Å². The lowest BCUT2D eigenvalue weighted by Crippen LogP contribution is -2.04. The van der Waals surface area contributed by atoms with Crippen LogP contribution >= 0.6 is 11.6 Å². The predicted octanol–water partition coefficient (Wildman–Crippen LogP) is 4.11. The Morgan fingerprint density at radius 1 is 1.16 bits per heavy atom. The number of pyridine rings is 1. The van der Waals surface area contributed by atoms with E-state index in [0.29, 0.717) is 28.8 Å².